The molecule has 0 fully saturated rings. The zero-order chi connectivity index (χ0) is 13.0. The van der Waals surface area contributed by atoms with Crippen molar-refractivity contribution >= 4 is 11.7 Å². The predicted molar refractivity (Wildman–Crippen MR) is 66.6 cm³/mol. The van der Waals surface area contributed by atoms with Crippen molar-refractivity contribution in [2.45, 2.75) is 6.54 Å². The maximum absolute atomic E-state index is 10.8. The van der Waals surface area contributed by atoms with Crippen LogP contribution in [0.5, 0.6) is 5.75 Å². The second kappa shape index (κ2) is 5.18. The van der Waals surface area contributed by atoms with E-state index in [4.69, 9.17) is 5.11 Å². The molecule has 92 valence electrons. The van der Waals surface area contributed by atoms with E-state index in [9.17, 15) is 9.90 Å². The Morgan fingerprint density at radius 1 is 1.28 bits per heavy atom. The molecule has 0 saturated heterocycles. The van der Waals surface area contributed by atoms with Gasteiger partial charge in [-0.05, 0) is 30.3 Å². The summed E-state index contributed by atoms with van der Waals surface area (Å²) in [7, 11) is 0. The van der Waals surface area contributed by atoms with Crippen LogP contribution in [0.2, 0.25) is 0 Å². The van der Waals surface area contributed by atoms with Crippen molar-refractivity contribution in [2.75, 3.05) is 5.32 Å². The minimum absolute atomic E-state index is 0.0101. The number of aromatic carboxylic acids is 1. The quantitative estimate of drug-likeness (QED) is 0.717. The van der Waals surface area contributed by atoms with Gasteiger partial charge in [0.25, 0.3) is 0 Å². The van der Waals surface area contributed by atoms with Crippen LogP contribution in [0.15, 0.2) is 42.6 Å². The first-order valence-corrected chi connectivity index (χ1v) is 5.37. The first-order valence-electron chi connectivity index (χ1n) is 5.37. The number of phenols is 1. The summed E-state index contributed by atoms with van der Waals surface area (Å²) in [6.45, 7) is 0.414. The maximum Gasteiger partial charge on any atom is 0.335 e. The molecule has 2 aromatic rings. The number of nitrogens with one attached hydrogen (secondary N) is 1. The number of phenolic OH excluding ortho intramolecular Hbond substituents is 1. The van der Waals surface area contributed by atoms with Crippen molar-refractivity contribution in [1.82, 2.24) is 4.98 Å². The Labute approximate surface area is 104 Å². The lowest BCUT2D eigenvalue weighted by atomic mass is 10.2. The lowest BCUT2D eigenvalue weighted by Gasteiger charge is -2.08. The number of hydrogen-bond donors (Lipinski definition) is 3. The van der Waals surface area contributed by atoms with Gasteiger partial charge in [0.1, 0.15) is 5.75 Å². The van der Waals surface area contributed by atoms with Gasteiger partial charge in [0, 0.05) is 6.20 Å². The molecule has 0 aliphatic carbocycles. The van der Waals surface area contributed by atoms with Crippen molar-refractivity contribution in [3.8, 4) is 5.75 Å². The number of carboxylic acid groups (broad SMARTS) is 1. The number of anilines is 1. The van der Waals surface area contributed by atoms with Crippen LogP contribution in [-0.2, 0) is 6.54 Å². The van der Waals surface area contributed by atoms with E-state index in [2.05, 4.69) is 10.3 Å². The standard InChI is InChI=1S/C13H12N2O3/c16-12-5-4-9(13(17)18)7-11(12)15-8-10-3-1-2-6-14-10/h1-7,15-16H,8H2,(H,17,18). The molecule has 5 nitrogen and oxygen atoms in total. The summed E-state index contributed by atoms with van der Waals surface area (Å²) in [5.74, 6) is -1.02. The molecule has 0 aliphatic rings. The SMILES string of the molecule is O=C(O)c1ccc(O)c(NCc2ccccn2)c1. The molecule has 0 unspecified atom stereocenters. The topological polar surface area (TPSA) is 82.5 Å². The van der Waals surface area contributed by atoms with Crippen molar-refractivity contribution < 1.29 is 15.0 Å². The summed E-state index contributed by atoms with van der Waals surface area (Å²) >= 11 is 0. The van der Waals surface area contributed by atoms with Crippen molar-refractivity contribution in [1.29, 1.82) is 0 Å². The Morgan fingerprint density at radius 2 is 2.11 bits per heavy atom. The highest BCUT2D eigenvalue weighted by Gasteiger charge is 2.07. The van der Waals surface area contributed by atoms with Gasteiger partial charge in [0.15, 0.2) is 0 Å². The van der Waals surface area contributed by atoms with Crippen molar-refractivity contribution in [3.63, 3.8) is 0 Å². The van der Waals surface area contributed by atoms with Gasteiger partial charge in [-0.3, -0.25) is 4.98 Å². The average Bonchev–Trinajstić information content (AvgIpc) is 2.38. The Kier molecular flexibility index (Phi) is 3.43. The highest BCUT2D eigenvalue weighted by Crippen LogP contribution is 2.24. The van der Waals surface area contributed by atoms with Gasteiger partial charge in [-0.2, -0.15) is 0 Å². The molecule has 2 rings (SSSR count). The number of hydrogen-bond acceptors (Lipinski definition) is 4. The Hall–Kier alpha value is -2.56. The van der Waals surface area contributed by atoms with Crippen LogP contribution >= 0.6 is 0 Å². The van der Waals surface area contributed by atoms with Crippen LogP contribution in [0.25, 0.3) is 0 Å². The second-order valence-electron chi connectivity index (χ2n) is 3.71. The van der Waals surface area contributed by atoms with Crippen molar-refractivity contribution in [2.24, 2.45) is 0 Å². The molecule has 0 amide bonds. The van der Waals surface area contributed by atoms with Crippen LogP contribution < -0.4 is 5.32 Å². The van der Waals surface area contributed by atoms with Crippen molar-refractivity contribution in [3.05, 3.63) is 53.9 Å². The third-order valence-electron chi connectivity index (χ3n) is 2.43. The maximum atomic E-state index is 10.8. The summed E-state index contributed by atoms with van der Waals surface area (Å²) in [6, 6.07) is 9.60. The van der Waals surface area contributed by atoms with Crippen LogP contribution in [-0.4, -0.2) is 21.2 Å². The number of rotatable bonds is 4. The Balaban J connectivity index is 2.14. The highest BCUT2D eigenvalue weighted by atomic mass is 16.4. The molecule has 1 aromatic carbocycles. The van der Waals surface area contributed by atoms with Gasteiger partial charge in [-0.25, -0.2) is 4.79 Å². The highest BCUT2D eigenvalue weighted by molar-refractivity contribution is 5.89. The fraction of sp³-hybridized carbons (Fsp3) is 0.0769. The van der Waals surface area contributed by atoms with Gasteiger partial charge in [0.05, 0.1) is 23.5 Å². The zero-order valence-corrected chi connectivity index (χ0v) is 9.50. The molecule has 0 radical (unpaired) electrons. The first kappa shape index (κ1) is 11.9. The third-order valence-corrected chi connectivity index (χ3v) is 2.43. The fourth-order valence-electron chi connectivity index (χ4n) is 1.50. The number of aromatic hydroxyl groups is 1. The van der Waals surface area contributed by atoms with Crippen LogP contribution in [0.4, 0.5) is 5.69 Å². The number of benzene rings is 1. The number of aromatic nitrogens is 1. The van der Waals surface area contributed by atoms with E-state index >= 15 is 0 Å². The van der Waals surface area contributed by atoms with Gasteiger partial charge in [-0.1, -0.05) is 6.07 Å². The van der Waals surface area contributed by atoms with Crippen LogP contribution in [0.3, 0.4) is 0 Å². The Morgan fingerprint density at radius 3 is 2.78 bits per heavy atom. The number of carboxylic acids is 1. The third kappa shape index (κ3) is 2.76. The molecule has 1 aromatic heterocycles. The van der Waals surface area contributed by atoms with E-state index in [0.29, 0.717) is 12.2 Å². The predicted octanol–water partition coefficient (Wildman–Crippen LogP) is 2.10. The average molecular weight is 244 g/mol. The number of carbonyl (C=O) groups is 1. The smallest absolute Gasteiger partial charge is 0.335 e. The lowest BCUT2D eigenvalue weighted by molar-refractivity contribution is 0.0697. The van der Waals surface area contributed by atoms with Crippen LogP contribution in [0.1, 0.15) is 16.1 Å². The molecule has 18 heavy (non-hydrogen) atoms. The molecule has 1 heterocycles. The first-order chi connectivity index (χ1) is 8.66. The molecule has 5 heteroatoms. The monoisotopic (exact) mass is 244 g/mol. The normalized spacial score (nSPS) is 10.0. The summed E-state index contributed by atoms with van der Waals surface area (Å²) in [5.41, 5.74) is 1.30. The van der Waals surface area contributed by atoms with Crippen LogP contribution in [0, 0.1) is 0 Å². The van der Waals surface area contributed by atoms with Gasteiger partial charge < -0.3 is 15.5 Å². The summed E-state index contributed by atoms with van der Waals surface area (Å²) in [4.78, 5) is 14.9. The van der Waals surface area contributed by atoms with E-state index in [-0.39, 0.29) is 11.3 Å². The molecule has 0 atom stereocenters. The van der Waals surface area contributed by atoms with E-state index in [1.807, 2.05) is 18.2 Å². The molecule has 3 N–H and O–H groups in total. The molecule has 0 bridgehead atoms. The minimum atomic E-state index is -1.03. The molecular weight excluding hydrogens is 232 g/mol. The zero-order valence-electron chi connectivity index (χ0n) is 9.50. The lowest BCUT2D eigenvalue weighted by Crippen LogP contribution is -2.03. The van der Waals surface area contributed by atoms with Gasteiger partial charge in [0.2, 0.25) is 0 Å². The largest absolute Gasteiger partial charge is 0.506 e. The van der Waals surface area contributed by atoms with E-state index in [1.54, 1.807) is 6.20 Å². The molecule has 0 saturated carbocycles. The summed E-state index contributed by atoms with van der Waals surface area (Å²) in [5, 5.41) is 21.4. The Bertz CT molecular complexity index is 555. The molecular formula is C13H12N2O3. The molecule has 0 aliphatic heterocycles. The molecule has 0 spiro atoms. The number of pyridine rings is 1. The van der Waals surface area contributed by atoms with E-state index in [1.165, 1.54) is 18.2 Å². The fourth-order valence-corrected chi connectivity index (χ4v) is 1.50. The van der Waals surface area contributed by atoms with E-state index < -0.39 is 5.97 Å². The summed E-state index contributed by atoms with van der Waals surface area (Å²) < 4.78 is 0. The summed E-state index contributed by atoms with van der Waals surface area (Å²) in [6.07, 6.45) is 1.67. The van der Waals surface area contributed by atoms with E-state index in [0.717, 1.165) is 5.69 Å². The second-order valence-corrected chi connectivity index (χ2v) is 3.71. The van der Waals surface area contributed by atoms with Gasteiger partial charge in [-0.15, -0.1) is 0 Å². The minimum Gasteiger partial charge on any atom is -0.506 e. The van der Waals surface area contributed by atoms with Gasteiger partial charge >= 0.3 is 5.97 Å². The number of nitrogens with zero attached hydrogens (tertiary/aromatic N) is 1.